The first-order valence-electron chi connectivity index (χ1n) is 13.8. The van der Waals surface area contributed by atoms with Gasteiger partial charge in [0.25, 0.3) is 0 Å². The number of carboxylic acids is 1. The van der Waals surface area contributed by atoms with E-state index in [0.29, 0.717) is 42.2 Å². The number of pyridine rings is 1. The van der Waals surface area contributed by atoms with Crippen LogP contribution in [0.15, 0.2) is 66.9 Å². The van der Waals surface area contributed by atoms with Crippen LogP contribution < -0.4 is 10.5 Å². The van der Waals surface area contributed by atoms with Crippen molar-refractivity contribution in [3.8, 4) is 22.9 Å². The number of benzene rings is 3. The van der Waals surface area contributed by atoms with Crippen molar-refractivity contribution >= 4 is 28.7 Å². The lowest BCUT2D eigenvalue weighted by atomic mass is 9.73. The lowest BCUT2D eigenvalue weighted by Crippen LogP contribution is -2.44. The number of nitrogens with two attached hydrogens (primary N) is 1. The van der Waals surface area contributed by atoms with Crippen LogP contribution in [0.4, 0.5) is 10.6 Å². The Morgan fingerprint density at radius 3 is 2.64 bits per heavy atom. The number of hydrogen-bond acceptors (Lipinski definition) is 7. The Bertz CT molecular complexity index is 1750. The van der Waals surface area contributed by atoms with Crippen molar-refractivity contribution in [1.29, 1.82) is 5.26 Å². The van der Waals surface area contributed by atoms with Gasteiger partial charge in [-0.1, -0.05) is 42.5 Å². The molecule has 9 heteroatoms. The molecule has 1 atom stereocenters. The summed E-state index contributed by atoms with van der Waals surface area (Å²) in [7, 11) is 1.39. The van der Waals surface area contributed by atoms with Gasteiger partial charge >= 0.3 is 12.1 Å². The average Bonchev–Trinajstić information content (AvgIpc) is 3.29. The number of ether oxygens (including phenoxy) is 2. The Hall–Kier alpha value is -5.10. The second kappa shape index (κ2) is 10.7. The van der Waals surface area contributed by atoms with E-state index in [4.69, 9.17) is 15.2 Å². The molecule has 6 rings (SSSR count). The summed E-state index contributed by atoms with van der Waals surface area (Å²) >= 11 is 0. The van der Waals surface area contributed by atoms with Crippen molar-refractivity contribution in [2.75, 3.05) is 25.9 Å². The van der Waals surface area contributed by atoms with Gasteiger partial charge in [-0.2, -0.15) is 5.26 Å². The maximum absolute atomic E-state index is 12.2. The van der Waals surface area contributed by atoms with E-state index in [1.54, 1.807) is 29.3 Å². The number of carbonyl (C=O) groups is 2. The van der Waals surface area contributed by atoms with Crippen LogP contribution >= 0.6 is 0 Å². The Labute approximate surface area is 243 Å². The van der Waals surface area contributed by atoms with Crippen molar-refractivity contribution in [2.45, 2.75) is 37.2 Å². The largest absolute Gasteiger partial charge is 0.484 e. The van der Waals surface area contributed by atoms with Crippen molar-refractivity contribution in [3.63, 3.8) is 0 Å². The fourth-order valence-corrected chi connectivity index (χ4v) is 6.62. The van der Waals surface area contributed by atoms with E-state index < -0.39 is 12.1 Å². The molecule has 3 aromatic carbocycles. The molecule has 3 N–H and O–H groups in total. The van der Waals surface area contributed by atoms with Gasteiger partial charge in [-0.3, -0.25) is 4.79 Å². The highest BCUT2D eigenvalue weighted by Crippen LogP contribution is 2.53. The number of amides is 1. The topological polar surface area (TPSA) is 139 Å². The van der Waals surface area contributed by atoms with Crippen LogP contribution in [0.3, 0.4) is 0 Å². The maximum atomic E-state index is 12.2. The standard InChI is InChI=1S/C33H30N4O5/c1-41-32(40)37-14-11-33(12-15-37)18-28(42-30-21(17-29(38)39)4-2-5-22(30)19-34)26-16-20(8-9-27(26)33)23-6-3-7-25-24(23)10-13-36-31(25)35/h2-10,13,16,28H,11-12,14-15,17-18H2,1H3,(H2,35,36)(H,38,39). The Morgan fingerprint density at radius 1 is 1.12 bits per heavy atom. The van der Waals surface area contributed by atoms with Crippen LogP contribution in [0.2, 0.25) is 0 Å². The van der Waals surface area contributed by atoms with Crippen molar-refractivity contribution in [1.82, 2.24) is 9.88 Å². The zero-order valence-electron chi connectivity index (χ0n) is 23.2. The third-order valence-corrected chi connectivity index (χ3v) is 8.67. The molecule has 1 amide bonds. The fraction of sp³-hybridized carbons (Fsp3) is 0.273. The van der Waals surface area contributed by atoms with Crippen LogP contribution in [-0.4, -0.2) is 47.3 Å². The summed E-state index contributed by atoms with van der Waals surface area (Å²) in [5.74, 6) is -0.232. The molecule has 2 heterocycles. The maximum Gasteiger partial charge on any atom is 0.409 e. The zero-order valence-corrected chi connectivity index (χ0v) is 23.2. The molecular weight excluding hydrogens is 532 g/mol. The van der Waals surface area contributed by atoms with Crippen LogP contribution in [0, 0.1) is 11.3 Å². The van der Waals surface area contributed by atoms with E-state index >= 15 is 0 Å². The highest BCUT2D eigenvalue weighted by molar-refractivity contribution is 6.01. The van der Waals surface area contributed by atoms with Gasteiger partial charge in [-0.15, -0.1) is 0 Å². The summed E-state index contributed by atoms with van der Waals surface area (Å²) in [5, 5.41) is 21.3. The molecule has 212 valence electrons. The summed E-state index contributed by atoms with van der Waals surface area (Å²) in [6, 6.07) is 21.5. The minimum Gasteiger partial charge on any atom is -0.484 e. The number of nitriles is 1. The molecule has 1 aliphatic carbocycles. The number of hydrogen-bond donors (Lipinski definition) is 2. The van der Waals surface area contributed by atoms with E-state index in [1.807, 2.05) is 18.2 Å². The number of aliphatic carboxylic acids is 1. The monoisotopic (exact) mass is 562 g/mol. The predicted octanol–water partition coefficient (Wildman–Crippen LogP) is 5.61. The number of aromatic nitrogens is 1. The van der Waals surface area contributed by atoms with Gasteiger partial charge in [-0.25, -0.2) is 9.78 Å². The second-order valence-corrected chi connectivity index (χ2v) is 10.9. The van der Waals surface area contributed by atoms with E-state index in [2.05, 4.69) is 35.3 Å². The van der Waals surface area contributed by atoms with Crippen molar-refractivity contribution in [2.24, 2.45) is 0 Å². The lowest BCUT2D eigenvalue weighted by molar-refractivity contribution is -0.136. The molecule has 2 aliphatic rings. The third-order valence-electron chi connectivity index (χ3n) is 8.67. The van der Waals surface area contributed by atoms with E-state index in [1.165, 1.54) is 7.11 Å². The number of carbonyl (C=O) groups excluding carboxylic acids is 1. The first-order chi connectivity index (χ1) is 20.3. The number of nitrogen functional groups attached to an aromatic ring is 1. The summed E-state index contributed by atoms with van der Waals surface area (Å²) < 4.78 is 11.6. The molecule has 1 spiro atoms. The van der Waals surface area contributed by atoms with Gasteiger partial charge in [0.15, 0.2) is 0 Å². The molecule has 1 aromatic heterocycles. The Morgan fingerprint density at radius 2 is 1.90 bits per heavy atom. The van der Waals surface area contributed by atoms with Crippen LogP contribution in [0.5, 0.6) is 5.75 Å². The minimum atomic E-state index is -1.000. The molecule has 0 saturated carbocycles. The minimum absolute atomic E-state index is 0.245. The molecule has 0 bridgehead atoms. The number of likely N-dealkylation sites (tertiary alicyclic amines) is 1. The van der Waals surface area contributed by atoms with Crippen LogP contribution in [0.25, 0.3) is 21.9 Å². The van der Waals surface area contributed by atoms with Crippen molar-refractivity contribution in [3.05, 3.63) is 89.1 Å². The molecule has 42 heavy (non-hydrogen) atoms. The van der Waals surface area contributed by atoms with Gasteiger partial charge < -0.3 is 25.2 Å². The van der Waals surface area contributed by atoms with Gasteiger partial charge in [0.1, 0.15) is 23.7 Å². The summed E-state index contributed by atoms with van der Waals surface area (Å²) in [4.78, 5) is 29.8. The SMILES string of the molecule is COC(=O)N1CCC2(CC1)CC(Oc1c(C#N)cccc1CC(=O)O)c1cc(-c3cccc4c(N)nccc34)ccc12. The normalized spacial score (nSPS) is 17.0. The molecule has 1 aliphatic heterocycles. The van der Waals surface area contributed by atoms with Crippen molar-refractivity contribution < 1.29 is 24.2 Å². The molecule has 1 unspecified atom stereocenters. The number of nitrogens with zero attached hydrogens (tertiary/aromatic N) is 3. The lowest BCUT2D eigenvalue weighted by Gasteiger charge is -2.39. The highest BCUT2D eigenvalue weighted by atomic mass is 16.5. The quantitative estimate of drug-likeness (QED) is 0.320. The number of methoxy groups -OCH3 is 1. The molecular formula is C33H30N4O5. The van der Waals surface area contributed by atoms with Crippen LogP contribution in [-0.2, 0) is 21.4 Å². The highest BCUT2D eigenvalue weighted by Gasteiger charge is 2.47. The number of para-hydroxylation sites is 1. The molecule has 4 aromatic rings. The average molecular weight is 563 g/mol. The number of rotatable bonds is 5. The predicted molar refractivity (Wildman–Crippen MR) is 157 cm³/mol. The number of fused-ring (bicyclic) bond motifs is 3. The van der Waals surface area contributed by atoms with Crippen LogP contribution in [0.1, 0.15) is 47.6 Å². The first-order valence-corrected chi connectivity index (χ1v) is 13.8. The summed E-state index contributed by atoms with van der Waals surface area (Å²) in [5.41, 5.74) is 10.8. The van der Waals surface area contributed by atoms with E-state index in [9.17, 15) is 20.0 Å². The van der Waals surface area contributed by atoms with Gasteiger partial charge in [-0.05, 0) is 65.1 Å². The van der Waals surface area contributed by atoms with E-state index in [0.717, 1.165) is 45.9 Å². The first kappa shape index (κ1) is 27.1. The second-order valence-electron chi connectivity index (χ2n) is 10.9. The smallest absolute Gasteiger partial charge is 0.409 e. The summed E-state index contributed by atoms with van der Waals surface area (Å²) in [6.07, 6.45) is 2.78. The van der Waals surface area contributed by atoms with Gasteiger partial charge in [0, 0.05) is 35.7 Å². The third kappa shape index (κ3) is 4.65. The van der Waals surface area contributed by atoms with Gasteiger partial charge in [0.2, 0.25) is 0 Å². The summed E-state index contributed by atoms with van der Waals surface area (Å²) in [6.45, 7) is 1.10. The number of piperidine rings is 1. The van der Waals surface area contributed by atoms with E-state index in [-0.39, 0.29) is 17.9 Å². The number of anilines is 1. The fourth-order valence-electron chi connectivity index (χ4n) is 6.62. The number of carboxylic acid groups (broad SMARTS) is 1. The molecule has 1 fully saturated rings. The molecule has 1 saturated heterocycles. The molecule has 9 nitrogen and oxygen atoms in total. The zero-order chi connectivity index (χ0) is 29.4. The molecule has 0 radical (unpaired) electrons. The Balaban J connectivity index is 1.46. The van der Waals surface area contributed by atoms with Gasteiger partial charge in [0.05, 0.1) is 19.1 Å². The Kier molecular flexibility index (Phi) is 6.91.